The molecule has 1 aliphatic carbocycles. The van der Waals surface area contributed by atoms with Crippen LogP contribution in [0.2, 0.25) is 10.0 Å². The van der Waals surface area contributed by atoms with Crippen LogP contribution in [0, 0.1) is 0 Å². The van der Waals surface area contributed by atoms with Gasteiger partial charge in [-0.15, -0.1) is 0 Å². The van der Waals surface area contributed by atoms with E-state index in [9.17, 15) is 4.79 Å². The molecule has 0 aromatic heterocycles. The average molecular weight is 338 g/mol. The van der Waals surface area contributed by atoms with Gasteiger partial charge in [0.2, 0.25) is 0 Å². The summed E-state index contributed by atoms with van der Waals surface area (Å²) in [5.74, 6) is 0. The lowest BCUT2D eigenvalue weighted by Crippen LogP contribution is -2.36. The molecule has 1 aliphatic heterocycles. The third-order valence-corrected chi connectivity index (χ3v) is 4.60. The largest absolute Gasteiger partial charge is 0.378 e. The predicted molar refractivity (Wildman–Crippen MR) is 89.2 cm³/mol. The second-order valence-corrected chi connectivity index (χ2v) is 6.27. The summed E-state index contributed by atoms with van der Waals surface area (Å²) >= 11 is 12.2. The zero-order valence-electron chi connectivity index (χ0n) is 12.1. The lowest BCUT2D eigenvalue weighted by molar-refractivity contribution is -0.105. The normalized spacial score (nSPS) is 20.8. The van der Waals surface area contributed by atoms with Crippen molar-refractivity contribution >= 4 is 35.6 Å². The highest BCUT2D eigenvalue weighted by Crippen LogP contribution is 2.36. The molecule has 1 heterocycles. The van der Waals surface area contributed by atoms with E-state index >= 15 is 0 Å². The summed E-state index contributed by atoms with van der Waals surface area (Å²) < 4.78 is 5.41. The lowest BCUT2D eigenvalue weighted by atomic mass is 10.1. The van der Waals surface area contributed by atoms with Gasteiger partial charge in [0.05, 0.1) is 13.2 Å². The fourth-order valence-electron chi connectivity index (χ4n) is 2.97. The Morgan fingerprint density at radius 3 is 2.59 bits per heavy atom. The van der Waals surface area contributed by atoms with Gasteiger partial charge in [-0.2, -0.15) is 0 Å². The minimum atomic E-state index is 0.621. The van der Waals surface area contributed by atoms with Crippen LogP contribution in [-0.4, -0.2) is 37.5 Å². The topological polar surface area (TPSA) is 29.5 Å². The number of allylic oxidation sites excluding steroid dienone is 2. The molecule has 0 bridgehead atoms. The average Bonchev–Trinajstić information content (AvgIpc) is 2.93. The van der Waals surface area contributed by atoms with Crippen molar-refractivity contribution in [3.8, 4) is 0 Å². The Morgan fingerprint density at radius 2 is 1.91 bits per heavy atom. The molecular formula is C17H17Cl2NO2. The molecule has 1 aromatic rings. The van der Waals surface area contributed by atoms with Crippen molar-refractivity contribution in [3.05, 3.63) is 50.7 Å². The summed E-state index contributed by atoms with van der Waals surface area (Å²) in [6.07, 6.45) is 4.70. The summed E-state index contributed by atoms with van der Waals surface area (Å²) in [5.41, 5.74) is 4.02. The van der Waals surface area contributed by atoms with Crippen LogP contribution < -0.4 is 0 Å². The van der Waals surface area contributed by atoms with Crippen LogP contribution in [0.1, 0.15) is 18.4 Å². The molecule has 1 aromatic carbocycles. The van der Waals surface area contributed by atoms with E-state index in [1.807, 2.05) is 12.1 Å². The molecule has 0 atom stereocenters. The van der Waals surface area contributed by atoms with Crippen molar-refractivity contribution in [1.82, 2.24) is 4.90 Å². The van der Waals surface area contributed by atoms with Crippen molar-refractivity contribution in [1.29, 1.82) is 0 Å². The summed E-state index contributed by atoms with van der Waals surface area (Å²) in [5, 5.41) is 1.25. The van der Waals surface area contributed by atoms with Gasteiger partial charge in [0.15, 0.2) is 0 Å². The summed E-state index contributed by atoms with van der Waals surface area (Å²) in [6, 6.07) is 5.48. The quantitative estimate of drug-likeness (QED) is 0.782. The van der Waals surface area contributed by atoms with E-state index in [4.69, 9.17) is 27.9 Å². The first-order valence-electron chi connectivity index (χ1n) is 7.36. The van der Waals surface area contributed by atoms with E-state index in [0.29, 0.717) is 23.3 Å². The highest BCUT2D eigenvalue weighted by Gasteiger charge is 2.25. The number of morpholine rings is 1. The Labute approximate surface area is 140 Å². The molecule has 3 nitrogen and oxygen atoms in total. The molecule has 0 N–H and O–H groups in total. The van der Waals surface area contributed by atoms with E-state index in [1.165, 1.54) is 0 Å². The molecule has 3 rings (SSSR count). The van der Waals surface area contributed by atoms with E-state index < -0.39 is 0 Å². The molecule has 0 unspecified atom stereocenters. The predicted octanol–water partition coefficient (Wildman–Crippen LogP) is 3.96. The molecule has 2 aliphatic rings. The first-order valence-corrected chi connectivity index (χ1v) is 8.11. The Kier molecular flexibility index (Phi) is 4.87. The number of nitrogens with zero attached hydrogens (tertiary/aromatic N) is 1. The number of hydrogen-bond acceptors (Lipinski definition) is 3. The van der Waals surface area contributed by atoms with Crippen molar-refractivity contribution in [2.45, 2.75) is 12.8 Å². The number of aldehydes is 1. The molecule has 0 spiro atoms. The number of rotatable bonds is 3. The zero-order chi connectivity index (χ0) is 15.5. The van der Waals surface area contributed by atoms with Crippen LogP contribution in [0.5, 0.6) is 0 Å². The number of benzene rings is 1. The molecule has 1 fully saturated rings. The smallest absolute Gasteiger partial charge is 0.148 e. The minimum Gasteiger partial charge on any atom is -0.378 e. The number of carbonyl (C=O) groups excluding carboxylic acids is 1. The van der Waals surface area contributed by atoms with Crippen molar-refractivity contribution in [2.24, 2.45) is 0 Å². The summed E-state index contributed by atoms with van der Waals surface area (Å²) in [7, 11) is 0. The molecular weight excluding hydrogens is 321 g/mol. The van der Waals surface area contributed by atoms with E-state index in [2.05, 4.69) is 11.0 Å². The van der Waals surface area contributed by atoms with E-state index in [1.54, 1.807) is 6.07 Å². The monoisotopic (exact) mass is 337 g/mol. The standard InChI is InChI=1S/C17H17Cl2NO2/c18-15-4-3-12(16(19)10-15)9-13-1-2-14(11-21)17(13)20-5-7-22-8-6-20/h3-4,9-11H,1-2,5-8H2/b13-9+. The van der Waals surface area contributed by atoms with Gasteiger partial charge in [-0.05, 0) is 42.2 Å². The number of hydrogen-bond donors (Lipinski definition) is 0. The van der Waals surface area contributed by atoms with Gasteiger partial charge in [0, 0.05) is 34.4 Å². The number of ether oxygens (including phenoxy) is 1. The Bertz CT molecular complexity index is 646. The maximum Gasteiger partial charge on any atom is 0.148 e. The molecule has 0 saturated carbocycles. The van der Waals surface area contributed by atoms with Gasteiger partial charge >= 0.3 is 0 Å². The SMILES string of the molecule is O=CC1=C(N2CCOCC2)/C(=C/c2ccc(Cl)cc2Cl)CC1. The maximum absolute atomic E-state index is 11.4. The molecule has 1 saturated heterocycles. The summed E-state index contributed by atoms with van der Waals surface area (Å²) in [4.78, 5) is 13.6. The second kappa shape index (κ2) is 6.86. The summed E-state index contributed by atoms with van der Waals surface area (Å²) in [6.45, 7) is 3.03. The van der Waals surface area contributed by atoms with Gasteiger partial charge in [-0.1, -0.05) is 29.3 Å². The van der Waals surface area contributed by atoms with E-state index in [-0.39, 0.29) is 0 Å². The van der Waals surface area contributed by atoms with E-state index in [0.717, 1.165) is 54.6 Å². The van der Waals surface area contributed by atoms with Gasteiger partial charge in [0.25, 0.3) is 0 Å². The Hall–Kier alpha value is -1.29. The van der Waals surface area contributed by atoms with Gasteiger partial charge in [-0.25, -0.2) is 0 Å². The molecule has 0 radical (unpaired) electrons. The third-order valence-electron chi connectivity index (χ3n) is 4.03. The third kappa shape index (κ3) is 3.22. The Balaban J connectivity index is 1.96. The van der Waals surface area contributed by atoms with Crippen LogP contribution in [-0.2, 0) is 9.53 Å². The van der Waals surface area contributed by atoms with Gasteiger partial charge < -0.3 is 9.64 Å². The number of halogens is 2. The van der Waals surface area contributed by atoms with Crippen molar-refractivity contribution < 1.29 is 9.53 Å². The van der Waals surface area contributed by atoms with Crippen LogP contribution in [0.4, 0.5) is 0 Å². The number of carbonyl (C=O) groups is 1. The molecule has 116 valence electrons. The first-order chi connectivity index (χ1) is 10.7. The molecule has 5 heteroatoms. The highest BCUT2D eigenvalue weighted by molar-refractivity contribution is 6.35. The van der Waals surface area contributed by atoms with Gasteiger partial charge in [-0.3, -0.25) is 4.79 Å². The fourth-order valence-corrected chi connectivity index (χ4v) is 3.43. The highest BCUT2D eigenvalue weighted by atomic mass is 35.5. The molecule has 0 amide bonds. The van der Waals surface area contributed by atoms with Crippen LogP contribution >= 0.6 is 23.2 Å². The van der Waals surface area contributed by atoms with Crippen molar-refractivity contribution in [3.63, 3.8) is 0 Å². The van der Waals surface area contributed by atoms with Gasteiger partial charge in [0.1, 0.15) is 6.29 Å². The second-order valence-electron chi connectivity index (χ2n) is 5.43. The maximum atomic E-state index is 11.4. The molecule has 22 heavy (non-hydrogen) atoms. The van der Waals surface area contributed by atoms with Crippen LogP contribution in [0.15, 0.2) is 35.0 Å². The van der Waals surface area contributed by atoms with Crippen molar-refractivity contribution in [2.75, 3.05) is 26.3 Å². The first kappa shape index (κ1) is 15.6. The Morgan fingerprint density at radius 1 is 1.14 bits per heavy atom. The fraction of sp³-hybridized carbons (Fsp3) is 0.353. The van der Waals surface area contributed by atoms with Crippen LogP contribution in [0.25, 0.3) is 6.08 Å². The van der Waals surface area contributed by atoms with Crippen LogP contribution in [0.3, 0.4) is 0 Å². The zero-order valence-corrected chi connectivity index (χ0v) is 13.7. The lowest BCUT2D eigenvalue weighted by Gasteiger charge is -2.31. The minimum absolute atomic E-state index is 0.621.